The predicted molar refractivity (Wildman–Crippen MR) is 95.1 cm³/mol. The second-order valence-corrected chi connectivity index (χ2v) is 24.8. The van der Waals surface area contributed by atoms with E-state index in [-0.39, 0.29) is 0 Å². The van der Waals surface area contributed by atoms with Gasteiger partial charge in [0.15, 0.2) is 0 Å². The van der Waals surface area contributed by atoms with Crippen molar-refractivity contribution >= 4 is 30.8 Å². The molecule has 0 unspecified atom stereocenters. The van der Waals surface area contributed by atoms with Gasteiger partial charge in [0.1, 0.15) is 6.90 Å². The van der Waals surface area contributed by atoms with E-state index in [1.54, 1.807) is 10.8 Å². The van der Waals surface area contributed by atoms with E-state index in [9.17, 15) is 0 Å². The zero-order valence-electron chi connectivity index (χ0n) is 12.6. The van der Waals surface area contributed by atoms with Crippen LogP contribution in [0.15, 0.2) is 42.5 Å². The summed E-state index contributed by atoms with van der Waals surface area (Å²) in [6.07, 6.45) is 1.08. The molecule has 0 heterocycles. The third-order valence-electron chi connectivity index (χ3n) is 5.01. The van der Waals surface area contributed by atoms with Crippen molar-refractivity contribution in [2.75, 3.05) is 0 Å². The molecule has 104 valence electrons. The normalized spacial score (nSPS) is 14.1. The van der Waals surface area contributed by atoms with E-state index in [0.29, 0.717) is 0 Å². The van der Waals surface area contributed by atoms with Crippen LogP contribution in [-0.2, 0) is 6.42 Å². The van der Waals surface area contributed by atoms with E-state index in [0.717, 1.165) is 6.42 Å². The number of fused-ring (bicyclic) bond motifs is 3. The first-order valence-corrected chi connectivity index (χ1v) is 15.2. The van der Waals surface area contributed by atoms with Crippen molar-refractivity contribution in [3.8, 4) is 11.1 Å². The third-order valence-corrected chi connectivity index (χ3v) is 23.8. The van der Waals surface area contributed by atoms with Gasteiger partial charge in [0.25, 0.3) is 0 Å². The molecule has 0 nitrogen and oxygen atoms in total. The predicted octanol–water partition coefficient (Wildman–Crippen LogP) is 4.70. The number of hydrogen-bond acceptors (Lipinski definition) is 0. The minimum atomic E-state index is -1.66. The first-order chi connectivity index (χ1) is 9.32. The van der Waals surface area contributed by atoms with Gasteiger partial charge in [-0.05, 0) is 28.7 Å². The van der Waals surface area contributed by atoms with Gasteiger partial charge in [-0.25, -0.2) is 0 Å². The van der Waals surface area contributed by atoms with Crippen LogP contribution in [0.5, 0.6) is 0 Å². The van der Waals surface area contributed by atoms with Gasteiger partial charge in [-0.1, -0.05) is 73.8 Å². The lowest BCUT2D eigenvalue weighted by molar-refractivity contribution is 1.27. The second-order valence-electron chi connectivity index (χ2n) is 6.76. The highest BCUT2D eigenvalue weighted by Crippen LogP contribution is 2.37. The van der Waals surface area contributed by atoms with Crippen LogP contribution in [0.25, 0.3) is 11.1 Å². The molecule has 0 amide bonds. The Morgan fingerprint density at radius 3 is 2.20 bits per heavy atom. The molecular weight excluding hydrogens is 296 g/mol. The van der Waals surface area contributed by atoms with Gasteiger partial charge in [0.05, 0.1) is 7.59 Å². The molecule has 2 aromatic rings. The van der Waals surface area contributed by atoms with Gasteiger partial charge in [-0.2, -0.15) is 11.1 Å². The fourth-order valence-electron chi connectivity index (χ4n) is 3.06. The molecule has 0 fully saturated rings. The summed E-state index contributed by atoms with van der Waals surface area (Å²) >= 11 is 6.87. The van der Waals surface area contributed by atoms with E-state index in [1.165, 1.54) is 16.7 Å². The van der Waals surface area contributed by atoms with E-state index in [2.05, 4.69) is 68.7 Å². The van der Waals surface area contributed by atoms with Crippen molar-refractivity contribution in [3.63, 3.8) is 0 Å². The number of benzene rings is 2. The van der Waals surface area contributed by atoms with Crippen LogP contribution in [0.4, 0.5) is 0 Å². The standard InChI is InChI=1S/C17H21ClSi2/c1-19(2,20(3,4)18)17-11-7-10-15-14-9-6-5-8-13(14)12-16(15)17/h5-11H,12H2,1-4H3. The van der Waals surface area contributed by atoms with Crippen molar-refractivity contribution in [2.45, 2.75) is 32.6 Å². The summed E-state index contributed by atoms with van der Waals surface area (Å²) in [4.78, 5) is 0. The third kappa shape index (κ3) is 2.02. The molecule has 0 aromatic heterocycles. The molecule has 0 saturated carbocycles. The Bertz CT molecular complexity index is 669. The molecule has 1 aliphatic carbocycles. The summed E-state index contributed by atoms with van der Waals surface area (Å²) in [6.45, 7) is 7.85. The molecule has 1 aliphatic rings. The van der Waals surface area contributed by atoms with Crippen LogP contribution in [0.2, 0.25) is 26.2 Å². The Morgan fingerprint density at radius 2 is 1.50 bits per heavy atom. The van der Waals surface area contributed by atoms with Gasteiger partial charge < -0.3 is 0 Å². The van der Waals surface area contributed by atoms with Gasteiger partial charge in [0, 0.05) is 0 Å². The van der Waals surface area contributed by atoms with Crippen molar-refractivity contribution < 1.29 is 0 Å². The topological polar surface area (TPSA) is 0 Å². The number of halogens is 1. The Labute approximate surface area is 128 Å². The Morgan fingerprint density at radius 1 is 0.850 bits per heavy atom. The molecule has 3 rings (SSSR count). The fourth-order valence-corrected chi connectivity index (χ4v) is 8.73. The molecule has 0 N–H and O–H groups in total. The monoisotopic (exact) mass is 316 g/mol. The molecule has 0 bridgehead atoms. The quantitative estimate of drug-likeness (QED) is 0.475. The lowest BCUT2D eigenvalue weighted by Gasteiger charge is -2.34. The molecule has 20 heavy (non-hydrogen) atoms. The highest BCUT2D eigenvalue weighted by atomic mass is 35.6. The molecule has 2 aromatic carbocycles. The Balaban J connectivity index is 2.20. The van der Waals surface area contributed by atoms with Gasteiger partial charge in [-0.3, -0.25) is 0 Å². The summed E-state index contributed by atoms with van der Waals surface area (Å²) in [5.41, 5.74) is 5.87. The van der Waals surface area contributed by atoms with Gasteiger partial charge in [0.2, 0.25) is 0 Å². The summed E-state index contributed by atoms with van der Waals surface area (Å²) in [7, 11) is -1.57. The van der Waals surface area contributed by atoms with Crippen LogP contribution in [-0.4, -0.2) is 14.5 Å². The summed E-state index contributed by atoms with van der Waals surface area (Å²) in [5.74, 6) is 0. The average Bonchev–Trinajstić information content (AvgIpc) is 2.75. The maximum Gasteiger partial charge on any atom is 0.146 e. The van der Waals surface area contributed by atoms with Crippen LogP contribution < -0.4 is 5.19 Å². The Kier molecular flexibility index (Phi) is 3.24. The fraction of sp³-hybridized carbons (Fsp3) is 0.294. The zero-order valence-corrected chi connectivity index (χ0v) is 15.4. The molecule has 0 aliphatic heterocycles. The first-order valence-electron chi connectivity index (χ1n) is 7.22. The highest BCUT2D eigenvalue weighted by Gasteiger charge is 2.43. The largest absolute Gasteiger partial charge is 0.171 e. The molecular formula is C17H21ClSi2. The Hall–Kier alpha value is -0.836. The molecule has 0 spiro atoms. The number of hydrogen-bond donors (Lipinski definition) is 0. The maximum absolute atomic E-state index is 6.87. The first kappa shape index (κ1) is 14.1. The molecule has 3 heteroatoms. The zero-order chi connectivity index (χ0) is 14.5. The van der Waals surface area contributed by atoms with Crippen molar-refractivity contribution in [1.82, 2.24) is 0 Å². The van der Waals surface area contributed by atoms with E-state index >= 15 is 0 Å². The summed E-state index contributed by atoms with van der Waals surface area (Å²) in [6, 6.07) is 15.6. The van der Waals surface area contributed by atoms with Crippen molar-refractivity contribution in [3.05, 3.63) is 53.6 Å². The van der Waals surface area contributed by atoms with Gasteiger partial charge >= 0.3 is 0 Å². The minimum Gasteiger partial charge on any atom is -0.171 e. The maximum atomic E-state index is 6.87. The lowest BCUT2D eigenvalue weighted by atomic mass is 10.1. The van der Waals surface area contributed by atoms with E-state index in [1.807, 2.05) is 0 Å². The van der Waals surface area contributed by atoms with Crippen LogP contribution >= 0.6 is 11.1 Å². The SMILES string of the molecule is C[Si](C)(Cl)[Si](C)(C)c1cccc2c1Cc1ccccc1-2. The van der Waals surface area contributed by atoms with Crippen LogP contribution in [0, 0.1) is 0 Å². The summed E-state index contributed by atoms with van der Waals surface area (Å²) in [5, 5.41) is 1.58. The molecule has 0 radical (unpaired) electrons. The number of rotatable bonds is 2. The van der Waals surface area contributed by atoms with Crippen molar-refractivity contribution in [1.29, 1.82) is 0 Å². The summed E-state index contributed by atoms with van der Waals surface area (Å²) < 4.78 is 0. The average molecular weight is 317 g/mol. The molecule has 0 saturated heterocycles. The minimum absolute atomic E-state index is 1.08. The molecule has 0 atom stereocenters. The highest BCUT2D eigenvalue weighted by molar-refractivity contribution is 7.61. The lowest BCUT2D eigenvalue weighted by Crippen LogP contribution is -2.60. The van der Waals surface area contributed by atoms with Crippen LogP contribution in [0.1, 0.15) is 11.1 Å². The smallest absolute Gasteiger partial charge is 0.146 e. The van der Waals surface area contributed by atoms with E-state index < -0.39 is 14.5 Å². The van der Waals surface area contributed by atoms with Crippen LogP contribution in [0.3, 0.4) is 0 Å². The second kappa shape index (κ2) is 4.58. The van der Waals surface area contributed by atoms with Crippen molar-refractivity contribution in [2.24, 2.45) is 0 Å². The van der Waals surface area contributed by atoms with E-state index in [4.69, 9.17) is 11.1 Å². The van der Waals surface area contributed by atoms with Gasteiger partial charge in [-0.15, -0.1) is 0 Å².